The highest BCUT2D eigenvalue weighted by Crippen LogP contribution is 2.30. The fraction of sp³-hybridized carbons (Fsp3) is 0.188. The van der Waals surface area contributed by atoms with E-state index in [-0.39, 0.29) is 16.7 Å². The molecule has 3 heteroatoms. The number of Topliss-reactive ketones (excluding diaryl/α,β-unsaturated/α-hetero) is 1. The Kier molecular flexibility index (Phi) is 3.11. The number of rotatable bonds is 2. The lowest BCUT2D eigenvalue weighted by Crippen LogP contribution is -2.13. The van der Waals surface area contributed by atoms with Crippen LogP contribution in [0.15, 0.2) is 42.5 Å². The summed E-state index contributed by atoms with van der Waals surface area (Å²) in [5, 5.41) is 0.112. The van der Waals surface area contributed by atoms with Gasteiger partial charge in [0, 0.05) is 11.5 Å². The Balaban J connectivity index is 1.87. The number of benzene rings is 2. The van der Waals surface area contributed by atoms with Crippen molar-refractivity contribution in [2.45, 2.75) is 12.8 Å². The van der Waals surface area contributed by atoms with Gasteiger partial charge in [0.2, 0.25) is 0 Å². The van der Waals surface area contributed by atoms with Crippen molar-refractivity contribution in [3.05, 3.63) is 70.0 Å². The van der Waals surface area contributed by atoms with Crippen LogP contribution in [0.1, 0.15) is 21.5 Å². The van der Waals surface area contributed by atoms with Crippen molar-refractivity contribution in [3.8, 4) is 0 Å². The third kappa shape index (κ3) is 2.17. The Bertz CT molecular complexity index is 651. The molecule has 96 valence electrons. The van der Waals surface area contributed by atoms with Gasteiger partial charge in [0.05, 0.1) is 5.02 Å². The number of hydrogen-bond donors (Lipinski definition) is 0. The topological polar surface area (TPSA) is 17.1 Å². The minimum Gasteiger partial charge on any atom is -0.294 e. The normalized spacial score (nSPS) is 17.6. The smallest absolute Gasteiger partial charge is 0.166 e. The molecule has 0 fully saturated rings. The van der Waals surface area contributed by atoms with Crippen molar-refractivity contribution >= 4 is 17.4 Å². The van der Waals surface area contributed by atoms with Crippen LogP contribution in [-0.4, -0.2) is 5.78 Å². The highest BCUT2D eigenvalue weighted by atomic mass is 35.5. The summed E-state index contributed by atoms with van der Waals surface area (Å²) in [6.45, 7) is 0. The predicted molar refractivity (Wildman–Crippen MR) is 73.1 cm³/mol. The molecule has 0 N–H and O–H groups in total. The van der Waals surface area contributed by atoms with E-state index in [1.807, 2.05) is 24.3 Å². The van der Waals surface area contributed by atoms with Gasteiger partial charge in [-0.2, -0.15) is 0 Å². The van der Waals surface area contributed by atoms with Gasteiger partial charge in [-0.05, 0) is 30.0 Å². The van der Waals surface area contributed by atoms with Gasteiger partial charge in [-0.3, -0.25) is 4.79 Å². The second kappa shape index (κ2) is 4.78. The number of ketones is 1. The number of fused-ring (bicyclic) bond motifs is 1. The van der Waals surface area contributed by atoms with Crippen molar-refractivity contribution in [3.63, 3.8) is 0 Å². The summed E-state index contributed by atoms with van der Waals surface area (Å²) in [4.78, 5) is 12.2. The van der Waals surface area contributed by atoms with E-state index >= 15 is 0 Å². The molecular formula is C16H12ClFO. The third-order valence-electron chi connectivity index (χ3n) is 3.62. The first-order valence-corrected chi connectivity index (χ1v) is 6.59. The van der Waals surface area contributed by atoms with E-state index in [1.54, 1.807) is 12.1 Å². The van der Waals surface area contributed by atoms with E-state index in [0.717, 1.165) is 11.1 Å². The van der Waals surface area contributed by atoms with Crippen molar-refractivity contribution in [2.24, 2.45) is 5.92 Å². The maximum absolute atomic E-state index is 13.9. The minimum atomic E-state index is -0.409. The quantitative estimate of drug-likeness (QED) is 0.806. The van der Waals surface area contributed by atoms with Crippen LogP contribution in [0.2, 0.25) is 5.02 Å². The number of halogens is 2. The summed E-state index contributed by atoms with van der Waals surface area (Å²) in [6.07, 6.45) is 1.08. The first kappa shape index (κ1) is 12.4. The maximum atomic E-state index is 13.9. The molecule has 1 unspecified atom stereocenters. The third-order valence-corrected chi connectivity index (χ3v) is 3.91. The van der Waals surface area contributed by atoms with Crippen molar-refractivity contribution in [1.29, 1.82) is 0 Å². The molecule has 19 heavy (non-hydrogen) atoms. The molecule has 2 aromatic rings. The van der Waals surface area contributed by atoms with Crippen molar-refractivity contribution in [1.82, 2.24) is 0 Å². The Hall–Kier alpha value is -1.67. The Morgan fingerprint density at radius 3 is 2.74 bits per heavy atom. The molecule has 0 bridgehead atoms. The maximum Gasteiger partial charge on any atom is 0.166 e. The van der Waals surface area contributed by atoms with Crippen LogP contribution in [0.4, 0.5) is 4.39 Å². The van der Waals surface area contributed by atoms with Crippen LogP contribution in [0, 0.1) is 11.7 Å². The summed E-state index contributed by atoms with van der Waals surface area (Å²) in [5.41, 5.74) is 2.34. The van der Waals surface area contributed by atoms with Crippen molar-refractivity contribution in [2.75, 3.05) is 0 Å². The standard InChI is InChI=1S/C16H12ClFO/c17-14-7-3-5-11(15(14)18)9-12-8-10-4-1-2-6-13(10)16(12)19/h1-7,12H,8-9H2. The Labute approximate surface area is 116 Å². The van der Waals surface area contributed by atoms with E-state index in [1.165, 1.54) is 6.07 Å². The molecule has 0 aromatic heterocycles. The molecule has 1 atom stereocenters. The van der Waals surface area contributed by atoms with Gasteiger partial charge in [-0.15, -0.1) is 0 Å². The van der Waals surface area contributed by atoms with Crippen LogP contribution >= 0.6 is 11.6 Å². The second-order valence-corrected chi connectivity index (χ2v) is 5.25. The Morgan fingerprint density at radius 1 is 1.16 bits per heavy atom. The largest absolute Gasteiger partial charge is 0.294 e. The first-order valence-electron chi connectivity index (χ1n) is 6.22. The molecule has 0 heterocycles. The monoisotopic (exact) mass is 274 g/mol. The average Bonchev–Trinajstić information content (AvgIpc) is 2.73. The predicted octanol–water partition coefficient (Wildman–Crippen LogP) is 4.08. The molecule has 0 spiro atoms. The summed E-state index contributed by atoms with van der Waals surface area (Å²) < 4.78 is 13.9. The summed E-state index contributed by atoms with van der Waals surface area (Å²) in [7, 11) is 0. The first-order chi connectivity index (χ1) is 9.16. The zero-order chi connectivity index (χ0) is 13.4. The lowest BCUT2D eigenvalue weighted by Gasteiger charge is -2.09. The summed E-state index contributed by atoms with van der Waals surface area (Å²) >= 11 is 5.76. The minimum absolute atomic E-state index is 0.106. The lowest BCUT2D eigenvalue weighted by atomic mass is 9.95. The molecule has 0 saturated carbocycles. The molecule has 0 aliphatic heterocycles. The number of carbonyl (C=O) groups is 1. The van der Waals surface area contributed by atoms with Gasteiger partial charge in [-0.1, -0.05) is 48.0 Å². The summed E-state index contributed by atoms with van der Waals surface area (Å²) in [5.74, 6) is -0.478. The van der Waals surface area contributed by atoms with E-state index in [9.17, 15) is 9.18 Å². The zero-order valence-corrected chi connectivity index (χ0v) is 11.0. The van der Waals surface area contributed by atoms with Gasteiger partial charge >= 0.3 is 0 Å². The van der Waals surface area contributed by atoms with Gasteiger partial charge in [0.1, 0.15) is 5.82 Å². The molecule has 3 rings (SSSR count). The molecule has 1 aliphatic rings. The van der Waals surface area contributed by atoms with E-state index < -0.39 is 5.82 Å². The molecule has 2 aromatic carbocycles. The lowest BCUT2D eigenvalue weighted by molar-refractivity contribution is 0.0936. The second-order valence-electron chi connectivity index (χ2n) is 4.84. The summed E-state index contributed by atoms with van der Waals surface area (Å²) in [6, 6.07) is 12.5. The van der Waals surface area contributed by atoms with Crippen LogP contribution in [0.25, 0.3) is 0 Å². The van der Waals surface area contributed by atoms with Gasteiger partial charge < -0.3 is 0 Å². The van der Waals surface area contributed by atoms with Crippen LogP contribution in [0.5, 0.6) is 0 Å². The van der Waals surface area contributed by atoms with Crippen LogP contribution in [0.3, 0.4) is 0 Å². The van der Waals surface area contributed by atoms with Crippen LogP contribution < -0.4 is 0 Å². The van der Waals surface area contributed by atoms with E-state index in [0.29, 0.717) is 18.4 Å². The fourth-order valence-electron chi connectivity index (χ4n) is 2.65. The van der Waals surface area contributed by atoms with E-state index in [2.05, 4.69) is 0 Å². The molecule has 0 radical (unpaired) electrons. The Morgan fingerprint density at radius 2 is 1.95 bits per heavy atom. The van der Waals surface area contributed by atoms with E-state index in [4.69, 9.17) is 11.6 Å². The molecular weight excluding hydrogens is 263 g/mol. The van der Waals surface area contributed by atoms with Gasteiger partial charge in [0.15, 0.2) is 5.78 Å². The molecule has 1 nitrogen and oxygen atoms in total. The SMILES string of the molecule is O=C1c2ccccc2CC1Cc1cccc(Cl)c1F. The van der Waals surface area contributed by atoms with Gasteiger partial charge in [0.25, 0.3) is 0 Å². The molecule has 0 saturated heterocycles. The molecule has 1 aliphatic carbocycles. The highest BCUT2D eigenvalue weighted by Gasteiger charge is 2.30. The molecule has 0 amide bonds. The highest BCUT2D eigenvalue weighted by molar-refractivity contribution is 6.30. The number of hydrogen-bond acceptors (Lipinski definition) is 1. The average molecular weight is 275 g/mol. The zero-order valence-electron chi connectivity index (χ0n) is 10.2. The fourth-order valence-corrected chi connectivity index (χ4v) is 2.85. The van der Waals surface area contributed by atoms with Crippen LogP contribution in [-0.2, 0) is 12.8 Å². The number of carbonyl (C=O) groups excluding carboxylic acids is 1. The van der Waals surface area contributed by atoms with Gasteiger partial charge in [-0.25, -0.2) is 4.39 Å². The van der Waals surface area contributed by atoms with Crippen molar-refractivity contribution < 1.29 is 9.18 Å².